The lowest BCUT2D eigenvalue weighted by molar-refractivity contribution is 0.0956. The van der Waals surface area contributed by atoms with Crippen LogP contribution >= 0.6 is 11.3 Å². The van der Waals surface area contributed by atoms with E-state index in [1.807, 2.05) is 54.2 Å². The first-order chi connectivity index (χ1) is 15.6. The van der Waals surface area contributed by atoms with Crippen molar-refractivity contribution in [2.24, 2.45) is 0 Å². The molecular formula is C24H24N4O3S. The molecule has 1 aromatic carbocycles. The van der Waals surface area contributed by atoms with E-state index in [9.17, 15) is 4.79 Å². The van der Waals surface area contributed by atoms with Gasteiger partial charge < -0.3 is 14.8 Å². The zero-order valence-electron chi connectivity index (χ0n) is 18.0. The number of ether oxygens (including phenoxy) is 2. The molecule has 0 atom stereocenters. The fourth-order valence-corrected chi connectivity index (χ4v) is 4.49. The molecule has 32 heavy (non-hydrogen) atoms. The number of nitrogens with one attached hydrogen (secondary N) is 1. The Balaban J connectivity index is 1.52. The standard InChI is InChI=1S/C24H24N4O3S/c1-15(2)28-23-19(14-26-28)18(24(29)25-8-7-17-4-3-11-32-17)13-20(27-23)16-5-6-21-22(12-16)31-10-9-30-21/h3-6,11-15H,7-10H2,1-2H3,(H,25,29). The summed E-state index contributed by atoms with van der Waals surface area (Å²) in [6.07, 6.45) is 2.53. The van der Waals surface area contributed by atoms with Crippen LogP contribution in [0.2, 0.25) is 0 Å². The molecule has 4 aromatic rings. The quantitative estimate of drug-likeness (QED) is 0.470. The molecule has 1 amide bonds. The van der Waals surface area contributed by atoms with E-state index in [1.54, 1.807) is 17.5 Å². The van der Waals surface area contributed by atoms with Crippen molar-refractivity contribution in [2.75, 3.05) is 19.8 Å². The number of hydrogen-bond donors (Lipinski definition) is 1. The van der Waals surface area contributed by atoms with Gasteiger partial charge in [0.1, 0.15) is 13.2 Å². The third-order valence-corrected chi connectivity index (χ3v) is 6.31. The van der Waals surface area contributed by atoms with Gasteiger partial charge in [-0.1, -0.05) is 6.07 Å². The molecule has 0 unspecified atom stereocenters. The minimum absolute atomic E-state index is 0.116. The molecule has 0 saturated carbocycles. The van der Waals surface area contributed by atoms with Crippen LogP contribution in [0.5, 0.6) is 11.5 Å². The summed E-state index contributed by atoms with van der Waals surface area (Å²) in [6.45, 7) is 5.72. The van der Waals surface area contributed by atoms with Gasteiger partial charge in [0.15, 0.2) is 17.1 Å². The molecule has 1 N–H and O–H groups in total. The summed E-state index contributed by atoms with van der Waals surface area (Å²) < 4.78 is 13.2. The lowest BCUT2D eigenvalue weighted by Crippen LogP contribution is -2.26. The molecule has 1 aliphatic rings. The summed E-state index contributed by atoms with van der Waals surface area (Å²) in [5.74, 6) is 1.28. The number of hydrogen-bond acceptors (Lipinski definition) is 6. The van der Waals surface area contributed by atoms with Crippen LogP contribution in [0.4, 0.5) is 0 Å². The Morgan fingerprint density at radius 3 is 2.81 bits per heavy atom. The average molecular weight is 449 g/mol. The van der Waals surface area contributed by atoms with Crippen molar-refractivity contribution in [1.82, 2.24) is 20.1 Å². The van der Waals surface area contributed by atoms with Gasteiger partial charge in [-0.25, -0.2) is 9.67 Å². The lowest BCUT2D eigenvalue weighted by atomic mass is 10.1. The van der Waals surface area contributed by atoms with Crippen molar-refractivity contribution >= 4 is 28.3 Å². The first-order valence-corrected chi connectivity index (χ1v) is 11.6. The Morgan fingerprint density at radius 2 is 2.03 bits per heavy atom. The molecule has 8 heteroatoms. The second-order valence-corrected chi connectivity index (χ2v) is 8.95. The summed E-state index contributed by atoms with van der Waals surface area (Å²) in [4.78, 5) is 19.3. The number of carbonyl (C=O) groups excluding carboxylic acids is 1. The summed E-state index contributed by atoms with van der Waals surface area (Å²) in [5, 5.41) is 10.3. The first-order valence-electron chi connectivity index (χ1n) is 10.7. The van der Waals surface area contributed by atoms with Gasteiger partial charge in [-0.2, -0.15) is 5.10 Å². The maximum Gasteiger partial charge on any atom is 0.252 e. The molecular weight excluding hydrogens is 424 g/mol. The molecule has 0 fully saturated rings. The van der Waals surface area contributed by atoms with Crippen molar-refractivity contribution in [3.63, 3.8) is 0 Å². The number of fused-ring (bicyclic) bond motifs is 2. The number of rotatable bonds is 6. The molecule has 3 aromatic heterocycles. The highest BCUT2D eigenvalue weighted by molar-refractivity contribution is 7.09. The zero-order chi connectivity index (χ0) is 22.1. The third-order valence-electron chi connectivity index (χ3n) is 5.38. The SMILES string of the molecule is CC(C)n1ncc2c(C(=O)NCCc3cccs3)cc(-c3ccc4c(c3)OCCO4)nc21. The fraction of sp³-hybridized carbons (Fsp3) is 0.292. The van der Waals surface area contributed by atoms with E-state index in [1.165, 1.54) is 4.88 Å². The number of aromatic nitrogens is 3. The van der Waals surface area contributed by atoms with Crippen LogP contribution in [0.25, 0.3) is 22.3 Å². The minimum Gasteiger partial charge on any atom is -0.486 e. The largest absolute Gasteiger partial charge is 0.486 e. The number of amides is 1. The Labute approximate surface area is 190 Å². The van der Waals surface area contributed by atoms with Gasteiger partial charge in [-0.05, 0) is 56.0 Å². The van der Waals surface area contributed by atoms with Crippen molar-refractivity contribution in [3.05, 3.63) is 58.4 Å². The Hall–Kier alpha value is -3.39. The normalized spacial score (nSPS) is 13.0. The molecule has 164 valence electrons. The van der Waals surface area contributed by atoms with Crippen LogP contribution in [0.1, 0.15) is 35.1 Å². The van der Waals surface area contributed by atoms with E-state index in [0.717, 1.165) is 23.1 Å². The van der Waals surface area contributed by atoms with Gasteiger partial charge in [0, 0.05) is 23.0 Å². The summed E-state index contributed by atoms with van der Waals surface area (Å²) in [5.41, 5.74) is 2.81. The van der Waals surface area contributed by atoms with Crippen LogP contribution in [0, 0.1) is 0 Å². The highest BCUT2D eigenvalue weighted by Gasteiger charge is 2.20. The maximum atomic E-state index is 13.2. The van der Waals surface area contributed by atoms with Crippen LogP contribution in [-0.2, 0) is 6.42 Å². The maximum absolute atomic E-state index is 13.2. The van der Waals surface area contributed by atoms with E-state index in [-0.39, 0.29) is 11.9 Å². The number of thiophene rings is 1. The van der Waals surface area contributed by atoms with Crippen molar-refractivity contribution < 1.29 is 14.3 Å². The van der Waals surface area contributed by atoms with Crippen LogP contribution < -0.4 is 14.8 Å². The van der Waals surface area contributed by atoms with Crippen LogP contribution in [0.3, 0.4) is 0 Å². The minimum atomic E-state index is -0.129. The smallest absolute Gasteiger partial charge is 0.252 e. The molecule has 1 aliphatic heterocycles. The van der Waals surface area contributed by atoms with Crippen molar-refractivity contribution in [2.45, 2.75) is 26.3 Å². The highest BCUT2D eigenvalue weighted by Crippen LogP contribution is 2.35. The van der Waals surface area contributed by atoms with Gasteiger partial charge in [-0.3, -0.25) is 4.79 Å². The number of carbonyl (C=O) groups is 1. The number of nitrogens with zero attached hydrogens (tertiary/aromatic N) is 3. The van der Waals surface area contributed by atoms with Gasteiger partial charge in [-0.15, -0.1) is 11.3 Å². The van der Waals surface area contributed by atoms with Gasteiger partial charge >= 0.3 is 0 Å². The Bertz CT molecular complexity index is 1260. The van der Waals surface area contributed by atoms with Gasteiger partial charge in [0.25, 0.3) is 5.91 Å². The van der Waals surface area contributed by atoms with E-state index in [4.69, 9.17) is 14.5 Å². The first kappa shape index (κ1) is 20.5. The summed E-state index contributed by atoms with van der Waals surface area (Å²) in [7, 11) is 0. The molecule has 5 rings (SSSR count). The second kappa shape index (κ2) is 8.63. The topological polar surface area (TPSA) is 78.3 Å². The van der Waals surface area contributed by atoms with Gasteiger partial charge in [0.2, 0.25) is 0 Å². The highest BCUT2D eigenvalue weighted by atomic mass is 32.1. The van der Waals surface area contributed by atoms with Crippen LogP contribution in [0.15, 0.2) is 48.0 Å². The third kappa shape index (κ3) is 3.93. The van der Waals surface area contributed by atoms with Gasteiger partial charge in [0.05, 0.1) is 22.8 Å². The average Bonchev–Trinajstić information content (AvgIpc) is 3.48. The molecule has 0 bridgehead atoms. The Morgan fingerprint density at radius 1 is 1.19 bits per heavy atom. The molecule has 0 spiro atoms. The predicted molar refractivity (Wildman–Crippen MR) is 125 cm³/mol. The molecule has 4 heterocycles. The van der Waals surface area contributed by atoms with E-state index in [2.05, 4.69) is 16.5 Å². The molecule has 0 saturated heterocycles. The van der Waals surface area contributed by atoms with Crippen molar-refractivity contribution in [1.29, 1.82) is 0 Å². The molecule has 0 aliphatic carbocycles. The summed E-state index contributed by atoms with van der Waals surface area (Å²) >= 11 is 1.69. The van der Waals surface area contributed by atoms with Crippen molar-refractivity contribution in [3.8, 4) is 22.8 Å². The molecule has 0 radical (unpaired) electrons. The molecule has 7 nitrogen and oxygen atoms in total. The fourth-order valence-electron chi connectivity index (χ4n) is 3.78. The Kier molecular flexibility index (Phi) is 5.53. The van der Waals surface area contributed by atoms with Crippen LogP contribution in [-0.4, -0.2) is 40.4 Å². The zero-order valence-corrected chi connectivity index (χ0v) is 18.8. The monoisotopic (exact) mass is 448 g/mol. The number of pyridine rings is 1. The summed E-state index contributed by atoms with van der Waals surface area (Å²) in [6, 6.07) is 11.8. The number of benzene rings is 1. The van der Waals surface area contributed by atoms with E-state index in [0.29, 0.717) is 42.4 Å². The lowest BCUT2D eigenvalue weighted by Gasteiger charge is -2.19. The van der Waals surface area contributed by atoms with E-state index >= 15 is 0 Å². The second-order valence-electron chi connectivity index (χ2n) is 7.92. The van der Waals surface area contributed by atoms with E-state index < -0.39 is 0 Å². The predicted octanol–water partition coefficient (Wildman–Crippen LogP) is 4.48.